The molecule has 0 amide bonds. The average molecular weight is 240 g/mol. The quantitative estimate of drug-likeness (QED) is 0.876. The van der Waals surface area contributed by atoms with Gasteiger partial charge >= 0.3 is 0 Å². The van der Waals surface area contributed by atoms with Crippen LogP contribution in [0.4, 0.5) is 0 Å². The van der Waals surface area contributed by atoms with Crippen LogP contribution in [0.5, 0.6) is 0 Å². The van der Waals surface area contributed by atoms with Crippen LogP contribution in [0, 0.1) is 18.8 Å². The van der Waals surface area contributed by atoms with Crippen molar-refractivity contribution in [3.63, 3.8) is 0 Å². The molecule has 0 bridgehead atoms. The molecular formula is C13H20O2S. The van der Waals surface area contributed by atoms with Gasteiger partial charge in [-0.3, -0.25) is 0 Å². The molecule has 0 aromatic carbocycles. The van der Waals surface area contributed by atoms with Gasteiger partial charge in [0.15, 0.2) is 0 Å². The molecule has 16 heavy (non-hydrogen) atoms. The van der Waals surface area contributed by atoms with Crippen molar-refractivity contribution in [3.05, 3.63) is 21.9 Å². The topological polar surface area (TPSA) is 29.5 Å². The van der Waals surface area contributed by atoms with Crippen LogP contribution < -0.4 is 0 Å². The Morgan fingerprint density at radius 2 is 2.19 bits per heavy atom. The molecule has 3 heteroatoms. The van der Waals surface area contributed by atoms with E-state index >= 15 is 0 Å². The van der Waals surface area contributed by atoms with Gasteiger partial charge in [0.1, 0.15) is 0 Å². The van der Waals surface area contributed by atoms with E-state index in [4.69, 9.17) is 4.74 Å². The molecule has 1 N–H and O–H groups in total. The Morgan fingerprint density at radius 1 is 1.50 bits per heavy atom. The van der Waals surface area contributed by atoms with Gasteiger partial charge in [0, 0.05) is 11.5 Å². The molecule has 0 radical (unpaired) electrons. The fourth-order valence-corrected chi connectivity index (χ4v) is 3.91. The van der Waals surface area contributed by atoms with Crippen molar-refractivity contribution < 1.29 is 9.84 Å². The van der Waals surface area contributed by atoms with E-state index in [-0.39, 0.29) is 12.0 Å². The summed E-state index contributed by atoms with van der Waals surface area (Å²) in [7, 11) is 0. The summed E-state index contributed by atoms with van der Waals surface area (Å²) in [4.78, 5) is 1.41. The van der Waals surface area contributed by atoms with Crippen LogP contribution >= 0.6 is 11.3 Å². The first-order valence-corrected chi connectivity index (χ1v) is 6.73. The molecule has 0 saturated carbocycles. The Hall–Kier alpha value is -0.380. The summed E-state index contributed by atoms with van der Waals surface area (Å²) in [6.07, 6.45) is 0. The van der Waals surface area contributed by atoms with Crippen LogP contribution in [0.15, 0.2) is 11.4 Å². The fraction of sp³-hybridized carbons (Fsp3) is 0.692. The molecule has 90 valence electrons. The Labute approximate surface area is 101 Å². The molecule has 1 unspecified atom stereocenters. The highest BCUT2D eigenvalue weighted by molar-refractivity contribution is 7.10. The zero-order valence-corrected chi connectivity index (χ0v) is 11.0. The number of thiophene rings is 1. The van der Waals surface area contributed by atoms with Gasteiger partial charge in [-0.05, 0) is 35.8 Å². The zero-order chi connectivity index (χ0) is 11.8. The van der Waals surface area contributed by atoms with Crippen LogP contribution in [-0.2, 0) is 10.2 Å². The van der Waals surface area contributed by atoms with Crippen LogP contribution in [0.1, 0.15) is 24.3 Å². The second-order valence-electron chi connectivity index (χ2n) is 5.11. The molecular weight excluding hydrogens is 220 g/mol. The minimum atomic E-state index is 0.0706. The maximum atomic E-state index is 9.64. The lowest BCUT2D eigenvalue weighted by Gasteiger charge is -2.48. The molecule has 2 nitrogen and oxygen atoms in total. The molecule has 1 saturated heterocycles. The number of ether oxygens (including phenoxy) is 1. The third kappa shape index (κ3) is 1.71. The van der Waals surface area contributed by atoms with Gasteiger partial charge in [0.05, 0.1) is 18.6 Å². The number of aliphatic hydroxyl groups excluding tert-OH is 1. The molecule has 0 aliphatic carbocycles. The van der Waals surface area contributed by atoms with E-state index < -0.39 is 0 Å². The van der Waals surface area contributed by atoms with E-state index in [0.717, 1.165) is 13.2 Å². The smallest absolute Gasteiger partial charge is 0.0597 e. The van der Waals surface area contributed by atoms with Crippen molar-refractivity contribution in [1.82, 2.24) is 0 Å². The standard InChI is InChI=1S/C13H20O2S/c1-9(2)11(6-14)13(7-15-8-13)12-10(3)4-5-16-12/h4-5,9,11,14H,6-8H2,1-3H3. The van der Waals surface area contributed by atoms with Crippen molar-refractivity contribution in [1.29, 1.82) is 0 Å². The van der Waals surface area contributed by atoms with E-state index in [1.807, 2.05) is 0 Å². The highest BCUT2D eigenvalue weighted by Crippen LogP contribution is 2.45. The Bertz CT molecular complexity index is 353. The molecule has 1 aliphatic rings. The predicted octanol–water partition coefficient (Wildman–Crippen LogP) is 2.59. The number of aliphatic hydroxyl groups is 1. The first kappa shape index (κ1) is 12.1. The van der Waals surface area contributed by atoms with Gasteiger partial charge in [0.25, 0.3) is 0 Å². The molecule has 1 aliphatic heterocycles. The number of aryl methyl sites for hydroxylation is 1. The van der Waals surface area contributed by atoms with Crippen LogP contribution in [0.25, 0.3) is 0 Å². The van der Waals surface area contributed by atoms with Crippen molar-refractivity contribution in [2.24, 2.45) is 11.8 Å². The molecule has 1 atom stereocenters. The van der Waals surface area contributed by atoms with Crippen molar-refractivity contribution in [2.75, 3.05) is 19.8 Å². The zero-order valence-electron chi connectivity index (χ0n) is 10.2. The highest BCUT2D eigenvalue weighted by Gasteiger charge is 2.49. The minimum Gasteiger partial charge on any atom is -0.396 e. The van der Waals surface area contributed by atoms with Gasteiger partial charge in [0.2, 0.25) is 0 Å². The summed E-state index contributed by atoms with van der Waals surface area (Å²) in [6, 6.07) is 2.16. The summed E-state index contributed by atoms with van der Waals surface area (Å²) >= 11 is 1.80. The largest absolute Gasteiger partial charge is 0.396 e. The van der Waals surface area contributed by atoms with Crippen molar-refractivity contribution in [2.45, 2.75) is 26.2 Å². The Kier molecular flexibility index (Phi) is 3.38. The maximum absolute atomic E-state index is 9.64. The summed E-state index contributed by atoms with van der Waals surface area (Å²) in [5, 5.41) is 11.8. The lowest BCUT2D eigenvalue weighted by molar-refractivity contribution is -0.109. The van der Waals surface area contributed by atoms with Gasteiger partial charge in [-0.2, -0.15) is 0 Å². The van der Waals surface area contributed by atoms with E-state index in [1.165, 1.54) is 10.4 Å². The number of rotatable bonds is 4. The first-order chi connectivity index (χ1) is 7.62. The lowest BCUT2D eigenvalue weighted by atomic mass is 9.67. The SMILES string of the molecule is Cc1ccsc1C1(C(CO)C(C)C)COC1. The minimum absolute atomic E-state index is 0.0706. The molecule has 1 aromatic heterocycles. The summed E-state index contributed by atoms with van der Waals surface area (Å²) < 4.78 is 5.45. The van der Waals surface area contributed by atoms with Crippen molar-refractivity contribution in [3.8, 4) is 0 Å². The molecule has 2 rings (SSSR count). The Balaban J connectivity index is 2.36. The number of hydrogen-bond donors (Lipinski definition) is 1. The van der Waals surface area contributed by atoms with E-state index in [2.05, 4.69) is 32.2 Å². The lowest BCUT2D eigenvalue weighted by Crippen LogP contribution is -2.55. The van der Waals surface area contributed by atoms with Crippen LogP contribution in [0.2, 0.25) is 0 Å². The van der Waals surface area contributed by atoms with Crippen LogP contribution in [0.3, 0.4) is 0 Å². The summed E-state index contributed by atoms with van der Waals surface area (Å²) in [5.41, 5.74) is 1.41. The van der Waals surface area contributed by atoms with Gasteiger partial charge in [-0.1, -0.05) is 13.8 Å². The third-order valence-corrected chi connectivity index (χ3v) is 4.98. The van der Waals surface area contributed by atoms with Crippen LogP contribution in [-0.4, -0.2) is 24.9 Å². The monoisotopic (exact) mass is 240 g/mol. The second-order valence-corrected chi connectivity index (χ2v) is 6.03. The van der Waals surface area contributed by atoms with E-state index in [0.29, 0.717) is 11.8 Å². The molecule has 1 aromatic rings. The summed E-state index contributed by atoms with van der Waals surface area (Å²) in [6.45, 7) is 8.29. The van der Waals surface area contributed by atoms with E-state index in [9.17, 15) is 5.11 Å². The molecule has 1 fully saturated rings. The second kappa shape index (κ2) is 4.47. The molecule has 0 spiro atoms. The van der Waals surface area contributed by atoms with Crippen molar-refractivity contribution >= 4 is 11.3 Å². The maximum Gasteiger partial charge on any atom is 0.0597 e. The first-order valence-electron chi connectivity index (χ1n) is 5.85. The molecule has 2 heterocycles. The van der Waals surface area contributed by atoms with Gasteiger partial charge < -0.3 is 9.84 Å². The highest BCUT2D eigenvalue weighted by atomic mass is 32.1. The van der Waals surface area contributed by atoms with Gasteiger partial charge in [-0.25, -0.2) is 0 Å². The fourth-order valence-electron chi connectivity index (χ4n) is 2.74. The normalized spacial score (nSPS) is 20.8. The average Bonchev–Trinajstić information content (AvgIpc) is 2.57. The third-order valence-electron chi connectivity index (χ3n) is 3.74. The van der Waals surface area contributed by atoms with E-state index in [1.54, 1.807) is 11.3 Å². The Morgan fingerprint density at radius 3 is 2.50 bits per heavy atom. The summed E-state index contributed by atoms with van der Waals surface area (Å²) in [5.74, 6) is 0.786. The predicted molar refractivity (Wildman–Crippen MR) is 67.0 cm³/mol. The number of hydrogen-bond acceptors (Lipinski definition) is 3. The van der Waals surface area contributed by atoms with Gasteiger partial charge in [-0.15, -0.1) is 11.3 Å².